The molecule has 2 aliphatic heterocycles. The van der Waals surface area contributed by atoms with Gasteiger partial charge in [0.25, 0.3) is 0 Å². The van der Waals surface area contributed by atoms with Crippen molar-refractivity contribution >= 4 is 11.7 Å². The first kappa shape index (κ1) is 13.7. The Morgan fingerprint density at radius 3 is 2.00 bits per heavy atom. The molecule has 2 heterocycles. The Labute approximate surface area is 115 Å². The highest BCUT2D eigenvalue weighted by Crippen LogP contribution is 2.18. The van der Waals surface area contributed by atoms with Crippen LogP contribution in [0.25, 0.3) is 0 Å². The lowest BCUT2D eigenvalue weighted by molar-refractivity contribution is 0.236. The molecule has 19 heavy (non-hydrogen) atoms. The molecular weight excluding hydrogens is 238 g/mol. The van der Waals surface area contributed by atoms with E-state index in [1.165, 1.54) is 38.0 Å². The molecule has 2 amide bonds. The standard InChI is InChI=1S/C11H15N.C4H8N2O/c1-3-7-11(8-4-1)12-9-5-2-6-10-12;7-4-5-2-1-3-6-4/h1,3-4,7-8H,2,5-6,9-10H2;1-3H2,(H2,5,6,7). The second-order valence-corrected chi connectivity index (χ2v) is 4.92. The molecule has 2 saturated heterocycles. The highest BCUT2D eigenvalue weighted by molar-refractivity contribution is 5.74. The number of anilines is 1. The summed E-state index contributed by atoms with van der Waals surface area (Å²) in [6.45, 7) is 4.13. The van der Waals surface area contributed by atoms with E-state index in [1.807, 2.05) is 0 Å². The van der Waals surface area contributed by atoms with Gasteiger partial charge in [-0.2, -0.15) is 0 Å². The summed E-state index contributed by atoms with van der Waals surface area (Å²) in [5.74, 6) is 0. The fourth-order valence-electron chi connectivity index (χ4n) is 2.35. The lowest BCUT2D eigenvalue weighted by atomic mass is 10.1. The van der Waals surface area contributed by atoms with Crippen molar-refractivity contribution in [1.82, 2.24) is 10.6 Å². The van der Waals surface area contributed by atoms with E-state index in [-0.39, 0.29) is 6.03 Å². The van der Waals surface area contributed by atoms with Gasteiger partial charge in [0, 0.05) is 31.9 Å². The van der Waals surface area contributed by atoms with Gasteiger partial charge in [0.1, 0.15) is 0 Å². The number of hydrogen-bond donors (Lipinski definition) is 2. The lowest BCUT2D eigenvalue weighted by Gasteiger charge is -2.28. The van der Waals surface area contributed by atoms with Crippen molar-refractivity contribution in [2.45, 2.75) is 25.7 Å². The van der Waals surface area contributed by atoms with Gasteiger partial charge < -0.3 is 15.5 Å². The minimum Gasteiger partial charge on any atom is -0.372 e. The molecule has 2 aliphatic rings. The summed E-state index contributed by atoms with van der Waals surface area (Å²) in [5.41, 5.74) is 1.39. The maximum absolute atomic E-state index is 10.2. The van der Waals surface area contributed by atoms with E-state index in [0.29, 0.717) is 0 Å². The minimum atomic E-state index is -0.0359. The van der Waals surface area contributed by atoms with Crippen molar-refractivity contribution < 1.29 is 4.79 Å². The molecule has 0 atom stereocenters. The largest absolute Gasteiger partial charge is 0.372 e. The summed E-state index contributed by atoms with van der Waals surface area (Å²) in [4.78, 5) is 12.7. The molecule has 4 heteroatoms. The molecule has 4 nitrogen and oxygen atoms in total. The van der Waals surface area contributed by atoms with Crippen LogP contribution < -0.4 is 15.5 Å². The average Bonchev–Trinajstić information content (AvgIpc) is 2.51. The minimum absolute atomic E-state index is 0.0359. The third kappa shape index (κ3) is 4.81. The van der Waals surface area contributed by atoms with Crippen molar-refractivity contribution in [2.24, 2.45) is 0 Å². The SMILES string of the molecule is O=C1NCCCN1.c1ccc(N2CCCCC2)cc1. The van der Waals surface area contributed by atoms with E-state index in [2.05, 4.69) is 45.9 Å². The summed E-state index contributed by atoms with van der Waals surface area (Å²) < 4.78 is 0. The molecule has 0 aliphatic carbocycles. The normalized spacial score (nSPS) is 18.7. The second kappa shape index (κ2) is 7.67. The molecular formula is C15H23N3O. The van der Waals surface area contributed by atoms with Crippen molar-refractivity contribution in [1.29, 1.82) is 0 Å². The molecule has 3 rings (SSSR count). The van der Waals surface area contributed by atoms with Crippen LogP contribution in [0.1, 0.15) is 25.7 Å². The average molecular weight is 261 g/mol. The van der Waals surface area contributed by atoms with Gasteiger partial charge in [-0.05, 0) is 37.8 Å². The number of rotatable bonds is 1. The molecule has 1 aromatic rings. The van der Waals surface area contributed by atoms with Crippen LogP contribution in [0, 0.1) is 0 Å². The first-order chi connectivity index (χ1) is 9.36. The number of piperidine rings is 1. The van der Waals surface area contributed by atoms with Crippen LogP contribution in [0.2, 0.25) is 0 Å². The van der Waals surface area contributed by atoms with Gasteiger partial charge in [-0.25, -0.2) is 4.79 Å². The summed E-state index contributed by atoms with van der Waals surface area (Å²) in [6, 6.07) is 10.7. The summed E-state index contributed by atoms with van der Waals surface area (Å²) in [5, 5.41) is 5.26. The van der Waals surface area contributed by atoms with Gasteiger partial charge in [-0.3, -0.25) is 0 Å². The van der Waals surface area contributed by atoms with Gasteiger partial charge >= 0.3 is 6.03 Å². The zero-order valence-corrected chi connectivity index (χ0v) is 11.4. The van der Waals surface area contributed by atoms with Crippen molar-refractivity contribution in [3.8, 4) is 0 Å². The number of benzene rings is 1. The number of urea groups is 1. The van der Waals surface area contributed by atoms with Crippen molar-refractivity contribution in [3.63, 3.8) is 0 Å². The second-order valence-electron chi connectivity index (χ2n) is 4.92. The van der Waals surface area contributed by atoms with Crippen LogP contribution in [-0.4, -0.2) is 32.2 Å². The number of nitrogens with zero attached hydrogens (tertiary/aromatic N) is 1. The Morgan fingerprint density at radius 1 is 0.842 bits per heavy atom. The number of amides is 2. The summed E-state index contributed by atoms with van der Waals surface area (Å²) >= 11 is 0. The third-order valence-corrected chi connectivity index (χ3v) is 3.40. The van der Waals surface area contributed by atoms with Gasteiger partial charge in [0.15, 0.2) is 0 Å². The maximum atomic E-state index is 10.2. The maximum Gasteiger partial charge on any atom is 0.314 e. The van der Waals surface area contributed by atoms with E-state index >= 15 is 0 Å². The van der Waals surface area contributed by atoms with Crippen molar-refractivity contribution in [2.75, 3.05) is 31.1 Å². The highest BCUT2D eigenvalue weighted by atomic mass is 16.2. The molecule has 0 aromatic heterocycles. The fourth-order valence-corrected chi connectivity index (χ4v) is 2.35. The molecule has 0 spiro atoms. The molecule has 104 valence electrons. The van der Waals surface area contributed by atoms with Crippen molar-refractivity contribution in [3.05, 3.63) is 30.3 Å². The van der Waals surface area contributed by atoms with Crippen LogP contribution in [0.3, 0.4) is 0 Å². The number of nitrogens with one attached hydrogen (secondary N) is 2. The van der Waals surface area contributed by atoms with Crippen LogP contribution >= 0.6 is 0 Å². The molecule has 0 radical (unpaired) electrons. The van der Waals surface area contributed by atoms with Gasteiger partial charge in [0.2, 0.25) is 0 Å². The van der Waals surface area contributed by atoms with Gasteiger partial charge in [0.05, 0.1) is 0 Å². The predicted molar refractivity (Wildman–Crippen MR) is 78.5 cm³/mol. The van der Waals surface area contributed by atoms with E-state index in [0.717, 1.165) is 19.5 Å². The number of carbonyl (C=O) groups is 1. The predicted octanol–water partition coefficient (Wildman–Crippen LogP) is 2.37. The van der Waals surface area contributed by atoms with E-state index in [9.17, 15) is 4.79 Å². The smallest absolute Gasteiger partial charge is 0.314 e. The summed E-state index contributed by atoms with van der Waals surface area (Å²) in [7, 11) is 0. The number of carbonyl (C=O) groups excluding carboxylic acids is 1. The molecule has 2 N–H and O–H groups in total. The Balaban J connectivity index is 0.000000163. The number of para-hydroxylation sites is 1. The topological polar surface area (TPSA) is 44.4 Å². The zero-order chi connectivity index (χ0) is 13.3. The van der Waals surface area contributed by atoms with Gasteiger partial charge in [-0.15, -0.1) is 0 Å². The Hall–Kier alpha value is -1.71. The Morgan fingerprint density at radius 2 is 1.47 bits per heavy atom. The third-order valence-electron chi connectivity index (χ3n) is 3.40. The van der Waals surface area contributed by atoms with Gasteiger partial charge in [-0.1, -0.05) is 18.2 Å². The monoisotopic (exact) mass is 261 g/mol. The highest BCUT2D eigenvalue weighted by Gasteiger charge is 2.09. The first-order valence-corrected chi connectivity index (χ1v) is 7.18. The van der Waals surface area contributed by atoms with E-state index < -0.39 is 0 Å². The zero-order valence-electron chi connectivity index (χ0n) is 11.4. The first-order valence-electron chi connectivity index (χ1n) is 7.18. The quantitative estimate of drug-likeness (QED) is 0.815. The Bertz CT molecular complexity index is 366. The Kier molecular flexibility index (Phi) is 5.53. The van der Waals surface area contributed by atoms with Crippen LogP contribution in [0.15, 0.2) is 30.3 Å². The van der Waals surface area contributed by atoms with E-state index in [1.54, 1.807) is 0 Å². The fraction of sp³-hybridized carbons (Fsp3) is 0.533. The molecule has 0 unspecified atom stereocenters. The van der Waals surface area contributed by atoms with Crippen LogP contribution in [0.5, 0.6) is 0 Å². The van der Waals surface area contributed by atoms with E-state index in [4.69, 9.17) is 0 Å². The van der Waals surface area contributed by atoms with Crippen LogP contribution in [0.4, 0.5) is 10.5 Å². The van der Waals surface area contributed by atoms with Crippen LogP contribution in [-0.2, 0) is 0 Å². The molecule has 0 saturated carbocycles. The molecule has 0 bridgehead atoms. The number of hydrogen-bond acceptors (Lipinski definition) is 2. The molecule has 1 aromatic carbocycles. The summed E-state index contributed by atoms with van der Waals surface area (Å²) in [6.07, 6.45) is 5.17. The lowest BCUT2D eigenvalue weighted by Crippen LogP contribution is -2.42. The molecule has 2 fully saturated rings.